The number of allylic oxidation sites excluding steroid dienone is 2. The number of methoxy groups -OCH3 is 1. The third kappa shape index (κ3) is 18.8. The molecule has 20 nitrogen and oxygen atoms in total. The molecule has 2 aromatic rings. The summed E-state index contributed by atoms with van der Waals surface area (Å²) in [6, 6.07) is 6.69. The van der Waals surface area contributed by atoms with Gasteiger partial charge in [-0.05, 0) is 62.3 Å². The molecule has 2 aromatic carbocycles. The number of rotatable bonds is 14. The fraction of sp³-hybridized carbons (Fsp3) is 0.481. The van der Waals surface area contributed by atoms with Gasteiger partial charge in [-0.3, -0.25) is 33.6 Å². The molecule has 2 unspecified atom stereocenters. The molecule has 0 spiro atoms. The maximum atomic E-state index is 14.5. The number of carboxylic acids is 2. The molecule has 0 bridgehead atoms. The Hall–Kier alpha value is -7.35. The van der Waals surface area contributed by atoms with Gasteiger partial charge in [0.1, 0.15) is 41.7 Å². The Bertz CT molecular complexity index is 2320. The SMILES string of the molecule is C=C1C(=O)N[C@H](C)C(=O)N[C@@H](C[C@@H](C)CC)C(=O)N[C@@H](C(=O)O)CC(=O)N[C@@H](Cc2ccc(O)cc2)C(=O)NC(/C=C/C(C)=C/[C@H](C)[C@H](Cc2ccccc2)OC)[C@H](C)C(=O)NC(C(=O)O)CCC(=O)N1C. The number of carboxylic acid groups (broad SMARTS) is 2. The van der Waals surface area contributed by atoms with Gasteiger partial charge >= 0.3 is 11.9 Å². The van der Waals surface area contributed by atoms with Crippen molar-refractivity contribution in [1.29, 1.82) is 0 Å². The van der Waals surface area contributed by atoms with Gasteiger partial charge in [-0.2, -0.15) is 0 Å². The van der Waals surface area contributed by atoms with E-state index in [0.717, 1.165) is 10.5 Å². The van der Waals surface area contributed by atoms with Gasteiger partial charge in [0.25, 0.3) is 5.91 Å². The number of nitrogens with zero attached hydrogens (tertiary/aromatic N) is 1. The summed E-state index contributed by atoms with van der Waals surface area (Å²) < 4.78 is 5.82. The van der Waals surface area contributed by atoms with Crippen LogP contribution in [0.1, 0.15) is 84.8 Å². The minimum atomic E-state index is -1.86. The van der Waals surface area contributed by atoms with E-state index in [-0.39, 0.29) is 36.5 Å². The molecule has 0 saturated carbocycles. The molecule has 9 N–H and O–H groups in total. The molecule has 72 heavy (non-hydrogen) atoms. The van der Waals surface area contributed by atoms with Crippen molar-refractivity contribution in [3.8, 4) is 5.75 Å². The van der Waals surface area contributed by atoms with Crippen molar-refractivity contribution in [3.63, 3.8) is 0 Å². The monoisotopic (exact) mass is 1000 g/mol. The molecule has 3 rings (SSSR count). The molecule has 1 fully saturated rings. The van der Waals surface area contributed by atoms with E-state index in [4.69, 9.17) is 4.74 Å². The predicted octanol–water partition coefficient (Wildman–Crippen LogP) is 2.66. The van der Waals surface area contributed by atoms with E-state index >= 15 is 0 Å². The van der Waals surface area contributed by atoms with Gasteiger partial charge in [-0.15, -0.1) is 0 Å². The molecule has 0 radical (unpaired) electrons. The zero-order chi connectivity index (χ0) is 53.8. The zero-order valence-corrected chi connectivity index (χ0v) is 42.2. The summed E-state index contributed by atoms with van der Waals surface area (Å²) in [5, 5.41) is 45.4. The van der Waals surface area contributed by atoms with Gasteiger partial charge < -0.3 is 56.9 Å². The van der Waals surface area contributed by atoms with E-state index in [1.165, 1.54) is 51.2 Å². The first-order valence-electron chi connectivity index (χ1n) is 23.9. The summed E-state index contributed by atoms with van der Waals surface area (Å²) in [5.41, 5.74) is 1.82. The van der Waals surface area contributed by atoms with Crippen LogP contribution in [0.4, 0.5) is 0 Å². The average Bonchev–Trinajstić information content (AvgIpc) is 3.34. The Kier molecular flexibility index (Phi) is 23.3. The maximum absolute atomic E-state index is 14.5. The summed E-state index contributed by atoms with van der Waals surface area (Å²) in [6.07, 6.45) is 4.13. The lowest BCUT2D eigenvalue weighted by molar-refractivity contribution is -0.144. The number of phenolic OH excluding ortho intramolecular Hbond substituents is 1. The first-order valence-corrected chi connectivity index (χ1v) is 23.9. The minimum Gasteiger partial charge on any atom is -0.508 e. The van der Waals surface area contributed by atoms with E-state index in [1.807, 2.05) is 50.3 Å². The molecule has 1 saturated heterocycles. The molecule has 1 heterocycles. The second-order valence-electron chi connectivity index (χ2n) is 18.4. The van der Waals surface area contributed by atoms with E-state index in [2.05, 4.69) is 38.5 Å². The number of benzene rings is 2. The van der Waals surface area contributed by atoms with Gasteiger partial charge in [0.2, 0.25) is 35.4 Å². The zero-order valence-electron chi connectivity index (χ0n) is 42.2. The molecule has 20 heteroatoms. The van der Waals surface area contributed by atoms with Crippen molar-refractivity contribution in [2.24, 2.45) is 17.8 Å². The number of phenols is 1. The largest absolute Gasteiger partial charge is 0.508 e. The number of aliphatic carboxylic acids is 2. The van der Waals surface area contributed by atoms with E-state index in [9.17, 15) is 58.5 Å². The molecule has 10 atom stereocenters. The summed E-state index contributed by atoms with van der Waals surface area (Å²) >= 11 is 0. The van der Waals surface area contributed by atoms with Crippen LogP contribution in [0.3, 0.4) is 0 Å². The number of aromatic hydroxyl groups is 1. The minimum absolute atomic E-state index is 0.0328. The highest BCUT2D eigenvalue weighted by Gasteiger charge is 2.35. The van der Waals surface area contributed by atoms with Crippen molar-refractivity contribution in [2.75, 3.05) is 14.2 Å². The standard InChI is InChI=1S/C52H71N7O13/c1-10-29(2)25-40-49(66)58-42(52(70)71)28-44(61)54-41(26-36-17-19-37(60)20-18-36)50(67)55-38(21-16-30(3)24-31(4)43(72-9)27-35-14-12-11-13-15-35)32(5)46(63)56-39(51(68)69)22-23-45(62)59(8)34(7)48(65)53-33(6)47(64)57-40/h11-21,24,29,31-33,38-43,60H,7,10,22-23,25-28H2,1-6,8-9H3,(H,53,65)(H,54,61)(H,55,67)(H,56,63)(H,57,64)(H,58,66)(H,68,69)(H,70,71)/b21-16+,30-24+/t29-,31-,32-,33+,38?,39?,40-,41-,42+,43-/m0/s1. The van der Waals surface area contributed by atoms with Crippen LogP contribution in [0.25, 0.3) is 0 Å². The van der Waals surface area contributed by atoms with Crippen molar-refractivity contribution in [2.45, 2.75) is 129 Å². The highest BCUT2D eigenvalue weighted by Crippen LogP contribution is 2.19. The van der Waals surface area contributed by atoms with Gasteiger partial charge in [0.05, 0.1) is 24.5 Å². The number of carbonyl (C=O) groups is 9. The average molecular weight is 1000 g/mol. The fourth-order valence-corrected chi connectivity index (χ4v) is 7.66. The van der Waals surface area contributed by atoms with E-state index < -0.39 is 120 Å². The van der Waals surface area contributed by atoms with Crippen LogP contribution in [0.5, 0.6) is 5.75 Å². The fourth-order valence-electron chi connectivity index (χ4n) is 7.66. The lowest BCUT2D eigenvalue weighted by atomic mass is 9.94. The quantitative estimate of drug-likeness (QED) is 0.0973. The molecule has 392 valence electrons. The molecule has 1 aliphatic rings. The lowest BCUT2D eigenvalue weighted by Gasteiger charge is -2.27. The topological polar surface area (TPSA) is 299 Å². The summed E-state index contributed by atoms with van der Waals surface area (Å²) in [4.78, 5) is 122. The van der Waals surface area contributed by atoms with Crippen LogP contribution < -0.4 is 31.9 Å². The first-order chi connectivity index (χ1) is 33.9. The van der Waals surface area contributed by atoms with Crippen molar-refractivity contribution < 1.29 is 63.2 Å². The second-order valence-corrected chi connectivity index (χ2v) is 18.4. The predicted molar refractivity (Wildman–Crippen MR) is 266 cm³/mol. The Morgan fingerprint density at radius 3 is 2.01 bits per heavy atom. The Morgan fingerprint density at radius 1 is 0.806 bits per heavy atom. The highest BCUT2D eigenvalue weighted by molar-refractivity contribution is 6.00. The molecule has 7 amide bonds. The third-order valence-corrected chi connectivity index (χ3v) is 12.6. The lowest BCUT2D eigenvalue weighted by Crippen LogP contribution is -2.57. The first kappa shape index (κ1) is 59.0. The van der Waals surface area contributed by atoms with Gasteiger partial charge in [-0.25, -0.2) is 9.59 Å². The third-order valence-electron chi connectivity index (χ3n) is 12.6. The van der Waals surface area contributed by atoms with Crippen LogP contribution in [0, 0.1) is 17.8 Å². The van der Waals surface area contributed by atoms with Crippen molar-refractivity contribution >= 4 is 53.3 Å². The molecule has 1 aliphatic heterocycles. The second kappa shape index (κ2) is 28.5. The summed E-state index contributed by atoms with van der Waals surface area (Å²) in [6.45, 7) is 13.8. The number of nitrogens with one attached hydrogen (secondary N) is 6. The van der Waals surface area contributed by atoms with Crippen LogP contribution in [0.15, 0.2) is 90.7 Å². The Morgan fingerprint density at radius 2 is 1.42 bits per heavy atom. The van der Waals surface area contributed by atoms with Gasteiger partial charge in [0.15, 0.2) is 0 Å². The van der Waals surface area contributed by atoms with Crippen LogP contribution in [-0.4, -0.2) is 130 Å². The van der Waals surface area contributed by atoms with Crippen LogP contribution in [-0.2, 0) is 60.7 Å². The Labute approximate surface area is 420 Å². The number of amides is 7. The van der Waals surface area contributed by atoms with Gasteiger partial charge in [-0.1, -0.05) is 107 Å². The number of carbonyl (C=O) groups excluding carboxylic acids is 7. The molecular formula is C52H71N7O13. The molecular weight excluding hydrogens is 931 g/mol. The van der Waals surface area contributed by atoms with Gasteiger partial charge in [0, 0.05) is 32.9 Å². The summed E-state index contributed by atoms with van der Waals surface area (Å²) in [5.74, 6) is -10.9. The molecule has 0 aromatic heterocycles. The number of ether oxygens (including phenoxy) is 1. The van der Waals surface area contributed by atoms with E-state index in [1.54, 1.807) is 27.0 Å². The smallest absolute Gasteiger partial charge is 0.326 e. The number of hydrogen-bond acceptors (Lipinski definition) is 11. The van der Waals surface area contributed by atoms with Crippen LogP contribution in [0.2, 0.25) is 0 Å². The molecule has 0 aliphatic carbocycles. The maximum Gasteiger partial charge on any atom is 0.326 e. The van der Waals surface area contributed by atoms with Crippen LogP contribution >= 0.6 is 0 Å². The number of likely N-dealkylation sites (N-methyl/N-ethyl adjacent to an activating group) is 1. The van der Waals surface area contributed by atoms with E-state index in [0.29, 0.717) is 24.0 Å². The van der Waals surface area contributed by atoms with Crippen molar-refractivity contribution in [3.05, 3.63) is 102 Å². The Balaban J connectivity index is 2.13. The normalized spacial score (nSPS) is 24.5. The number of hydrogen-bond donors (Lipinski definition) is 9. The summed E-state index contributed by atoms with van der Waals surface area (Å²) in [7, 11) is 2.83. The highest BCUT2D eigenvalue weighted by atomic mass is 16.5. The van der Waals surface area contributed by atoms with Crippen molar-refractivity contribution in [1.82, 2.24) is 36.8 Å².